The molecule has 11 atom stereocenters. The molecule has 8 heteroatoms. The second-order valence-corrected chi connectivity index (χ2v) is 15.0. The molecule has 0 heterocycles. The molecule has 0 aromatic carbocycles. The average molecular weight is 535 g/mol. The van der Waals surface area contributed by atoms with E-state index in [2.05, 4.69) is 33.8 Å². The maximum Gasteiger partial charge on any atom is 0.315 e. The molecule has 0 amide bonds. The summed E-state index contributed by atoms with van der Waals surface area (Å²) in [5, 5.41) is 64.8. The van der Waals surface area contributed by atoms with Gasteiger partial charge >= 0.3 is 11.9 Å². The lowest BCUT2D eigenvalue weighted by Crippen LogP contribution is -2.71. The van der Waals surface area contributed by atoms with E-state index in [1.54, 1.807) is 0 Å². The van der Waals surface area contributed by atoms with Crippen LogP contribution in [0.2, 0.25) is 0 Å². The number of allylic oxidation sites excluding steroid dienone is 2. The van der Waals surface area contributed by atoms with Gasteiger partial charge in [0, 0.05) is 0 Å². The van der Waals surface area contributed by atoms with Gasteiger partial charge in [-0.05, 0) is 90.8 Å². The molecular formula is C30H46O8. The highest BCUT2D eigenvalue weighted by Crippen LogP contribution is 2.75. The van der Waals surface area contributed by atoms with Gasteiger partial charge in [0.15, 0.2) is 0 Å². The molecular weight excluding hydrogens is 488 g/mol. The van der Waals surface area contributed by atoms with Crippen LogP contribution in [-0.4, -0.2) is 67.5 Å². The van der Waals surface area contributed by atoms with E-state index >= 15 is 0 Å². The van der Waals surface area contributed by atoms with Crippen LogP contribution in [0.25, 0.3) is 0 Å². The quantitative estimate of drug-likeness (QED) is 0.302. The fourth-order valence-electron chi connectivity index (χ4n) is 10.9. The Balaban J connectivity index is 1.65. The summed E-state index contributed by atoms with van der Waals surface area (Å²) < 4.78 is 0. The summed E-state index contributed by atoms with van der Waals surface area (Å²) in [4.78, 5) is 25.4. The largest absolute Gasteiger partial charge is 0.481 e. The Morgan fingerprint density at radius 1 is 0.895 bits per heavy atom. The number of carboxylic acid groups (broad SMARTS) is 2. The van der Waals surface area contributed by atoms with Crippen molar-refractivity contribution in [3.63, 3.8) is 0 Å². The normalized spacial score (nSPS) is 53.4. The average Bonchev–Trinajstić information content (AvgIpc) is 2.80. The first-order chi connectivity index (χ1) is 17.5. The molecule has 5 rings (SSSR count). The van der Waals surface area contributed by atoms with Gasteiger partial charge in [-0.1, -0.05) is 46.3 Å². The number of hydrogen-bond donors (Lipinski definition) is 6. The minimum atomic E-state index is -1.85. The fraction of sp³-hybridized carbons (Fsp3) is 0.867. The summed E-state index contributed by atoms with van der Waals surface area (Å²) in [6, 6.07) is 0. The van der Waals surface area contributed by atoms with Crippen molar-refractivity contribution >= 4 is 11.9 Å². The number of carbonyl (C=O) groups is 2. The predicted octanol–water partition coefficient (Wildman–Crippen LogP) is 3.21. The number of aliphatic carboxylic acids is 2. The third kappa shape index (κ3) is 3.12. The monoisotopic (exact) mass is 534 g/mol. The molecule has 0 radical (unpaired) electrons. The zero-order valence-electron chi connectivity index (χ0n) is 23.4. The van der Waals surface area contributed by atoms with Crippen LogP contribution in [0.3, 0.4) is 0 Å². The lowest BCUT2D eigenvalue weighted by atomic mass is 9.33. The van der Waals surface area contributed by atoms with Gasteiger partial charge in [-0.3, -0.25) is 9.59 Å². The van der Waals surface area contributed by atoms with Crippen LogP contribution in [0.5, 0.6) is 0 Å². The Bertz CT molecular complexity index is 1070. The van der Waals surface area contributed by atoms with Crippen molar-refractivity contribution in [2.24, 2.45) is 50.2 Å². The highest BCUT2D eigenvalue weighted by atomic mass is 16.4. The van der Waals surface area contributed by atoms with Gasteiger partial charge in [-0.15, -0.1) is 0 Å². The second kappa shape index (κ2) is 8.27. The van der Waals surface area contributed by atoms with Gasteiger partial charge in [0.1, 0.15) is 10.8 Å². The Morgan fingerprint density at radius 3 is 2.13 bits per heavy atom. The van der Waals surface area contributed by atoms with Crippen molar-refractivity contribution in [2.45, 2.75) is 104 Å². The van der Waals surface area contributed by atoms with Crippen molar-refractivity contribution in [1.82, 2.24) is 0 Å². The lowest BCUT2D eigenvalue weighted by Gasteiger charge is -2.71. The van der Waals surface area contributed by atoms with Crippen LogP contribution in [0.15, 0.2) is 11.6 Å². The van der Waals surface area contributed by atoms with Crippen molar-refractivity contribution in [2.75, 3.05) is 6.61 Å². The van der Waals surface area contributed by atoms with Crippen molar-refractivity contribution in [3.05, 3.63) is 11.6 Å². The molecule has 38 heavy (non-hydrogen) atoms. The molecule has 5 aliphatic rings. The Morgan fingerprint density at radius 2 is 1.55 bits per heavy atom. The molecule has 0 bridgehead atoms. The van der Waals surface area contributed by atoms with Gasteiger partial charge in [-0.25, -0.2) is 0 Å². The van der Waals surface area contributed by atoms with Crippen LogP contribution in [0.4, 0.5) is 0 Å². The Hall–Kier alpha value is -1.48. The molecule has 2 unspecified atom stereocenters. The van der Waals surface area contributed by atoms with Crippen molar-refractivity contribution in [3.8, 4) is 0 Å². The summed E-state index contributed by atoms with van der Waals surface area (Å²) >= 11 is 0. The predicted molar refractivity (Wildman–Crippen MR) is 139 cm³/mol. The van der Waals surface area contributed by atoms with Gasteiger partial charge in [0.2, 0.25) is 0 Å². The zero-order valence-corrected chi connectivity index (χ0v) is 23.4. The summed E-state index contributed by atoms with van der Waals surface area (Å²) in [5.74, 6) is -3.10. The van der Waals surface area contributed by atoms with Crippen LogP contribution in [-0.2, 0) is 9.59 Å². The molecule has 0 spiro atoms. The van der Waals surface area contributed by atoms with Gasteiger partial charge in [-0.2, -0.15) is 0 Å². The number of rotatable bonds is 3. The third-order valence-electron chi connectivity index (χ3n) is 13.2. The maximum atomic E-state index is 12.8. The van der Waals surface area contributed by atoms with E-state index in [4.69, 9.17) is 0 Å². The van der Waals surface area contributed by atoms with Gasteiger partial charge < -0.3 is 30.6 Å². The lowest BCUT2D eigenvalue weighted by molar-refractivity contribution is -0.254. The molecule has 4 fully saturated rings. The molecule has 4 saturated carbocycles. The van der Waals surface area contributed by atoms with E-state index in [1.165, 1.54) is 0 Å². The van der Waals surface area contributed by atoms with Crippen LogP contribution in [0.1, 0.15) is 86.0 Å². The standard InChI is InChI=1S/C30H46O8/c1-25(2)10-11-29(23(35)36)17(12-25)16-6-7-19-26(3)13-18(32)22(34)30(15-31,24(37)38)20(26)8-9-27(19,4)28(16,5)14-21(29)33/h6,17-22,31-34H,7-15H2,1-5H3,(H,35,36)(H,37,38)/t17-,18+,19-,20?,21-,22+,26-,27-,28-,29-,30?/m1/s1. The molecule has 0 aromatic rings. The highest BCUT2D eigenvalue weighted by Gasteiger charge is 2.73. The molecule has 8 nitrogen and oxygen atoms in total. The van der Waals surface area contributed by atoms with Gasteiger partial charge in [0.25, 0.3) is 0 Å². The molecule has 214 valence electrons. The first kappa shape index (κ1) is 28.1. The summed E-state index contributed by atoms with van der Waals surface area (Å²) in [6.45, 7) is 9.97. The third-order valence-corrected chi connectivity index (χ3v) is 13.2. The van der Waals surface area contributed by atoms with Crippen molar-refractivity contribution < 1.29 is 40.2 Å². The molecule has 0 aromatic heterocycles. The first-order valence-corrected chi connectivity index (χ1v) is 14.3. The van der Waals surface area contributed by atoms with E-state index in [0.717, 1.165) is 12.0 Å². The van der Waals surface area contributed by atoms with E-state index in [1.807, 2.05) is 6.92 Å². The number of aliphatic hydroxyl groups is 4. The molecule has 0 aliphatic heterocycles. The fourth-order valence-corrected chi connectivity index (χ4v) is 10.9. The SMILES string of the molecule is CC1(C)CC[C@]2(C(=O)O)[C@H](O)C[C@]3(C)C(=CC[C@@H]4[C@@]5(C)C[C@H](O)[C@H](O)C(CO)(C(=O)O)C5CC[C@]43C)[C@H]2C1. The zero-order chi connectivity index (χ0) is 28.3. The van der Waals surface area contributed by atoms with E-state index in [9.17, 15) is 40.2 Å². The minimum absolute atomic E-state index is 0.0460. The minimum Gasteiger partial charge on any atom is -0.481 e. The maximum absolute atomic E-state index is 12.8. The van der Waals surface area contributed by atoms with Crippen molar-refractivity contribution in [1.29, 1.82) is 0 Å². The first-order valence-electron chi connectivity index (χ1n) is 14.3. The van der Waals surface area contributed by atoms with Crippen LogP contribution in [0, 0.1) is 50.2 Å². The number of carboxylic acids is 2. The summed E-state index contributed by atoms with van der Waals surface area (Å²) in [5.41, 5.74) is -3.56. The number of fused-ring (bicyclic) bond motifs is 7. The summed E-state index contributed by atoms with van der Waals surface area (Å²) in [7, 11) is 0. The van der Waals surface area contributed by atoms with Gasteiger partial charge in [0.05, 0.1) is 24.9 Å². The smallest absolute Gasteiger partial charge is 0.315 e. The number of hydrogen-bond acceptors (Lipinski definition) is 6. The molecule has 6 N–H and O–H groups in total. The Labute approximate surface area is 225 Å². The second-order valence-electron chi connectivity index (χ2n) is 15.0. The topological polar surface area (TPSA) is 156 Å². The highest BCUT2D eigenvalue weighted by molar-refractivity contribution is 5.78. The summed E-state index contributed by atoms with van der Waals surface area (Å²) in [6.07, 6.45) is 2.48. The number of aliphatic hydroxyl groups excluding tert-OH is 4. The van der Waals surface area contributed by atoms with Crippen LogP contribution >= 0.6 is 0 Å². The van der Waals surface area contributed by atoms with E-state index < -0.39 is 69.9 Å². The Kier molecular flexibility index (Phi) is 6.11. The van der Waals surface area contributed by atoms with E-state index in [-0.39, 0.29) is 23.7 Å². The van der Waals surface area contributed by atoms with Crippen LogP contribution < -0.4 is 0 Å². The molecule has 0 saturated heterocycles. The molecule has 5 aliphatic carbocycles. The van der Waals surface area contributed by atoms with E-state index in [0.29, 0.717) is 38.5 Å².